The Hall–Kier alpha value is -1.53. The van der Waals surface area contributed by atoms with Crippen molar-refractivity contribution >= 4 is 5.91 Å². The summed E-state index contributed by atoms with van der Waals surface area (Å²) in [6.07, 6.45) is 4.53. The highest BCUT2D eigenvalue weighted by Crippen LogP contribution is 2.00. The van der Waals surface area contributed by atoms with Gasteiger partial charge in [0.2, 0.25) is 0 Å². The van der Waals surface area contributed by atoms with Crippen LogP contribution in [0.15, 0.2) is 18.7 Å². The van der Waals surface area contributed by atoms with Gasteiger partial charge in [0, 0.05) is 58.7 Å². The van der Waals surface area contributed by atoms with Crippen molar-refractivity contribution in [1.29, 1.82) is 0 Å². The van der Waals surface area contributed by atoms with E-state index in [-0.39, 0.29) is 5.91 Å². The summed E-state index contributed by atoms with van der Waals surface area (Å²) in [5, 5.41) is 3.31. The molecule has 1 amide bonds. The minimum Gasteiger partial charge on any atom is -0.340 e. The molecule has 0 bridgehead atoms. The quantitative estimate of drug-likeness (QED) is 0.776. The number of hydrogen-bond acceptors (Lipinski definition) is 5. The van der Waals surface area contributed by atoms with Crippen molar-refractivity contribution in [1.82, 2.24) is 25.1 Å². The fourth-order valence-corrected chi connectivity index (χ4v) is 1.96. The third-order valence-corrected chi connectivity index (χ3v) is 3.12. The Morgan fingerprint density at radius 3 is 2.72 bits per heavy atom. The molecule has 1 aliphatic heterocycles. The summed E-state index contributed by atoms with van der Waals surface area (Å²) in [6.45, 7) is 5.81. The van der Waals surface area contributed by atoms with Gasteiger partial charge in [-0.1, -0.05) is 0 Å². The normalized spacial score (nSPS) is 16.5. The van der Waals surface area contributed by atoms with Gasteiger partial charge in [-0.25, -0.2) is 9.97 Å². The molecule has 6 nitrogen and oxygen atoms in total. The van der Waals surface area contributed by atoms with Crippen LogP contribution in [0, 0.1) is 0 Å². The van der Waals surface area contributed by atoms with Gasteiger partial charge in [0.15, 0.2) is 0 Å². The zero-order chi connectivity index (χ0) is 12.8. The molecule has 0 unspecified atom stereocenters. The van der Waals surface area contributed by atoms with Gasteiger partial charge < -0.3 is 10.2 Å². The number of carbonyl (C=O) groups excluding carboxylic acids is 1. The summed E-state index contributed by atoms with van der Waals surface area (Å²) < 4.78 is 0. The zero-order valence-corrected chi connectivity index (χ0v) is 10.7. The second-order valence-corrected chi connectivity index (χ2v) is 4.45. The zero-order valence-electron chi connectivity index (χ0n) is 10.7. The standard InChI is InChI=1S/C12H19N5O/c1-16(6-7-17-4-2-13-3-5-17)12(18)11-8-14-10-15-9-11/h8-10,13H,2-7H2,1H3. The Kier molecular flexibility index (Phi) is 4.60. The van der Waals surface area contributed by atoms with E-state index in [0.29, 0.717) is 5.56 Å². The molecule has 0 aliphatic carbocycles. The SMILES string of the molecule is CN(CCN1CCNCC1)C(=O)c1cncnc1. The van der Waals surface area contributed by atoms with E-state index in [2.05, 4.69) is 20.2 Å². The Bertz CT molecular complexity index is 377. The van der Waals surface area contributed by atoms with Crippen molar-refractivity contribution in [3.63, 3.8) is 0 Å². The van der Waals surface area contributed by atoms with Crippen molar-refractivity contribution in [2.75, 3.05) is 46.3 Å². The van der Waals surface area contributed by atoms with E-state index < -0.39 is 0 Å². The Labute approximate surface area is 107 Å². The van der Waals surface area contributed by atoms with E-state index in [1.54, 1.807) is 17.3 Å². The molecule has 0 aromatic carbocycles. The van der Waals surface area contributed by atoms with Gasteiger partial charge in [-0.2, -0.15) is 0 Å². The van der Waals surface area contributed by atoms with Crippen LogP contribution >= 0.6 is 0 Å². The topological polar surface area (TPSA) is 61.4 Å². The summed E-state index contributed by atoms with van der Waals surface area (Å²) in [6, 6.07) is 0. The molecule has 1 N–H and O–H groups in total. The molecular formula is C12H19N5O. The van der Waals surface area contributed by atoms with Crippen molar-refractivity contribution in [3.05, 3.63) is 24.3 Å². The maximum Gasteiger partial charge on any atom is 0.256 e. The molecule has 0 atom stereocenters. The number of nitrogens with zero attached hydrogens (tertiary/aromatic N) is 4. The van der Waals surface area contributed by atoms with Crippen molar-refractivity contribution in [3.8, 4) is 0 Å². The van der Waals surface area contributed by atoms with Gasteiger partial charge in [-0.15, -0.1) is 0 Å². The molecule has 0 spiro atoms. The molecule has 1 aromatic heterocycles. The minimum absolute atomic E-state index is 0.0225. The van der Waals surface area contributed by atoms with Crippen LogP contribution in [0.5, 0.6) is 0 Å². The van der Waals surface area contributed by atoms with E-state index in [1.165, 1.54) is 6.33 Å². The van der Waals surface area contributed by atoms with Crippen LogP contribution < -0.4 is 5.32 Å². The monoisotopic (exact) mass is 249 g/mol. The van der Waals surface area contributed by atoms with Crippen LogP contribution in [0.3, 0.4) is 0 Å². The van der Waals surface area contributed by atoms with E-state index in [4.69, 9.17) is 0 Å². The van der Waals surface area contributed by atoms with Gasteiger partial charge in [0.25, 0.3) is 5.91 Å². The molecule has 98 valence electrons. The number of aromatic nitrogens is 2. The summed E-state index contributed by atoms with van der Waals surface area (Å²) in [5.74, 6) is -0.0225. The number of piperazine rings is 1. The Morgan fingerprint density at radius 1 is 1.39 bits per heavy atom. The number of nitrogens with one attached hydrogen (secondary N) is 1. The predicted octanol–water partition coefficient (Wildman–Crippen LogP) is -0.546. The van der Waals surface area contributed by atoms with Gasteiger partial charge in [-0.3, -0.25) is 9.69 Å². The lowest BCUT2D eigenvalue weighted by molar-refractivity contribution is 0.0774. The second kappa shape index (κ2) is 6.42. The molecule has 2 rings (SSSR count). The molecule has 1 aromatic rings. The van der Waals surface area contributed by atoms with Crippen LogP contribution in [0.4, 0.5) is 0 Å². The molecule has 6 heteroatoms. The highest BCUT2D eigenvalue weighted by atomic mass is 16.2. The molecule has 1 saturated heterocycles. The van der Waals surface area contributed by atoms with E-state index in [0.717, 1.165) is 39.3 Å². The average molecular weight is 249 g/mol. The first-order valence-corrected chi connectivity index (χ1v) is 6.21. The van der Waals surface area contributed by atoms with Crippen LogP contribution in [-0.2, 0) is 0 Å². The van der Waals surface area contributed by atoms with Crippen LogP contribution in [0.1, 0.15) is 10.4 Å². The van der Waals surface area contributed by atoms with E-state index in [1.807, 2.05) is 7.05 Å². The average Bonchev–Trinajstić information content (AvgIpc) is 2.46. The van der Waals surface area contributed by atoms with E-state index in [9.17, 15) is 4.79 Å². The Balaban J connectivity index is 1.80. The van der Waals surface area contributed by atoms with Gasteiger partial charge in [-0.05, 0) is 0 Å². The maximum absolute atomic E-state index is 12.0. The molecule has 0 saturated carbocycles. The summed E-state index contributed by atoms with van der Waals surface area (Å²) in [4.78, 5) is 23.8. The van der Waals surface area contributed by atoms with Gasteiger partial charge in [0.05, 0.1) is 5.56 Å². The van der Waals surface area contributed by atoms with E-state index >= 15 is 0 Å². The van der Waals surface area contributed by atoms with Gasteiger partial charge in [0.1, 0.15) is 6.33 Å². The van der Waals surface area contributed by atoms with Gasteiger partial charge >= 0.3 is 0 Å². The molecule has 1 fully saturated rings. The largest absolute Gasteiger partial charge is 0.340 e. The Morgan fingerprint density at radius 2 is 2.06 bits per heavy atom. The fourth-order valence-electron chi connectivity index (χ4n) is 1.96. The van der Waals surface area contributed by atoms with Crippen LogP contribution in [-0.4, -0.2) is 72.0 Å². The number of amides is 1. The molecule has 2 heterocycles. The molecule has 18 heavy (non-hydrogen) atoms. The lowest BCUT2D eigenvalue weighted by Gasteiger charge is -2.29. The minimum atomic E-state index is -0.0225. The second-order valence-electron chi connectivity index (χ2n) is 4.45. The first-order valence-electron chi connectivity index (χ1n) is 6.21. The lowest BCUT2D eigenvalue weighted by atomic mass is 10.3. The fraction of sp³-hybridized carbons (Fsp3) is 0.583. The first-order chi connectivity index (χ1) is 8.77. The summed E-state index contributed by atoms with van der Waals surface area (Å²) in [5.41, 5.74) is 0.542. The molecule has 1 aliphatic rings. The highest BCUT2D eigenvalue weighted by Gasteiger charge is 2.14. The lowest BCUT2D eigenvalue weighted by Crippen LogP contribution is -2.46. The molecule has 0 radical (unpaired) electrons. The molecular weight excluding hydrogens is 230 g/mol. The van der Waals surface area contributed by atoms with Crippen LogP contribution in [0.25, 0.3) is 0 Å². The van der Waals surface area contributed by atoms with Crippen molar-refractivity contribution < 1.29 is 4.79 Å². The highest BCUT2D eigenvalue weighted by molar-refractivity contribution is 5.93. The van der Waals surface area contributed by atoms with Crippen molar-refractivity contribution in [2.45, 2.75) is 0 Å². The maximum atomic E-state index is 12.0. The number of rotatable bonds is 4. The number of carbonyl (C=O) groups is 1. The van der Waals surface area contributed by atoms with Crippen LogP contribution in [0.2, 0.25) is 0 Å². The third-order valence-electron chi connectivity index (χ3n) is 3.12. The third kappa shape index (κ3) is 3.48. The first kappa shape index (κ1) is 12.9. The van der Waals surface area contributed by atoms with Crippen molar-refractivity contribution in [2.24, 2.45) is 0 Å². The smallest absolute Gasteiger partial charge is 0.256 e. The summed E-state index contributed by atoms with van der Waals surface area (Å²) >= 11 is 0. The predicted molar refractivity (Wildman–Crippen MR) is 68.3 cm³/mol. The number of likely N-dealkylation sites (N-methyl/N-ethyl adjacent to an activating group) is 1. The number of hydrogen-bond donors (Lipinski definition) is 1. The summed E-state index contributed by atoms with van der Waals surface area (Å²) in [7, 11) is 1.82.